The topological polar surface area (TPSA) is 37.4 Å². The predicted molar refractivity (Wildman–Crippen MR) is 54.5 cm³/mol. The van der Waals surface area contributed by atoms with Crippen LogP contribution in [0.4, 0.5) is 0 Å². The lowest BCUT2D eigenvalue weighted by molar-refractivity contribution is -0.144. The molecular weight excluding hydrogens is 178 g/mol. The largest absolute Gasteiger partial charge is 0.276 e. The van der Waals surface area contributed by atoms with Crippen LogP contribution in [0.2, 0.25) is 0 Å². The average molecular weight is 195 g/mol. The number of imide groups is 1. The molecule has 0 bridgehead atoms. The SMILES string of the molecule is CC=CC(=O)N1C(=O)C(C)(C)C[C@H]1C. The molecule has 1 aliphatic rings. The van der Waals surface area contributed by atoms with Gasteiger partial charge in [0.1, 0.15) is 0 Å². The zero-order valence-electron chi connectivity index (χ0n) is 9.20. The number of carbonyl (C=O) groups excluding carboxylic acids is 2. The number of rotatable bonds is 1. The van der Waals surface area contributed by atoms with E-state index in [0.29, 0.717) is 0 Å². The van der Waals surface area contributed by atoms with Crippen molar-refractivity contribution in [3.05, 3.63) is 12.2 Å². The Morgan fingerprint density at radius 1 is 1.57 bits per heavy atom. The number of carbonyl (C=O) groups is 2. The number of hydrogen-bond donors (Lipinski definition) is 0. The summed E-state index contributed by atoms with van der Waals surface area (Å²) >= 11 is 0. The van der Waals surface area contributed by atoms with Crippen molar-refractivity contribution < 1.29 is 9.59 Å². The van der Waals surface area contributed by atoms with E-state index in [4.69, 9.17) is 0 Å². The summed E-state index contributed by atoms with van der Waals surface area (Å²) in [6, 6.07) is 0.0150. The van der Waals surface area contributed by atoms with E-state index in [1.165, 1.54) is 11.0 Å². The molecule has 1 fully saturated rings. The van der Waals surface area contributed by atoms with Crippen LogP contribution in [0.5, 0.6) is 0 Å². The maximum Gasteiger partial charge on any atom is 0.253 e. The first kappa shape index (κ1) is 11.0. The van der Waals surface area contributed by atoms with Crippen LogP contribution in [-0.2, 0) is 9.59 Å². The second-order valence-corrected chi connectivity index (χ2v) is 4.45. The zero-order chi connectivity index (χ0) is 10.9. The molecule has 0 N–H and O–H groups in total. The van der Waals surface area contributed by atoms with Crippen molar-refractivity contribution in [2.45, 2.75) is 40.2 Å². The van der Waals surface area contributed by atoms with E-state index in [-0.39, 0.29) is 17.9 Å². The summed E-state index contributed by atoms with van der Waals surface area (Å²) < 4.78 is 0. The lowest BCUT2D eigenvalue weighted by Crippen LogP contribution is -2.38. The second kappa shape index (κ2) is 3.56. The molecule has 3 nitrogen and oxygen atoms in total. The molecular formula is C11H17NO2. The lowest BCUT2D eigenvalue weighted by atomic mass is 9.90. The third kappa shape index (κ3) is 1.72. The molecule has 0 aromatic rings. The number of likely N-dealkylation sites (tertiary alicyclic amines) is 1. The van der Waals surface area contributed by atoms with Gasteiger partial charge in [-0.25, -0.2) is 0 Å². The smallest absolute Gasteiger partial charge is 0.253 e. The maximum atomic E-state index is 11.8. The van der Waals surface area contributed by atoms with Crippen LogP contribution >= 0.6 is 0 Å². The minimum Gasteiger partial charge on any atom is -0.276 e. The van der Waals surface area contributed by atoms with Crippen LogP contribution in [0.3, 0.4) is 0 Å². The number of hydrogen-bond acceptors (Lipinski definition) is 2. The molecule has 0 unspecified atom stereocenters. The van der Waals surface area contributed by atoms with Crippen LogP contribution in [-0.4, -0.2) is 22.8 Å². The van der Waals surface area contributed by atoms with Gasteiger partial charge in [0, 0.05) is 11.5 Å². The van der Waals surface area contributed by atoms with E-state index >= 15 is 0 Å². The van der Waals surface area contributed by atoms with Gasteiger partial charge in [-0.3, -0.25) is 14.5 Å². The van der Waals surface area contributed by atoms with Gasteiger partial charge in [-0.05, 0) is 26.3 Å². The summed E-state index contributed by atoms with van der Waals surface area (Å²) in [6.07, 6.45) is 3.85. The Hall–Kier alpha value is -1.12. The van der Waals surface area contributed by atoms with E-state index in [9.17, 15) is 9.59 Å². The number of nitrogens with zero attached hydrogens (tertiary/aromatic N) is 1. The number of amides is 2. The molecule has 78 valence electrons. The Balaban J connectivity index is 2.91. The van der Waals surface area contributed by atoms with Crippen molar-refractivity contribution in [3.8, 4) is 0 Å². The van der Waals surface area contributed by atoms with E-state index in [1.807, 2.05) is 20.8 Å². The van der Waals surface area contributed by atoms with Crippen molar-refractivity contribution in [2.24, 2.45) is 5.41 Å². The molecule has 0 spiro atoms. The van der Waals surface area contributed by atoms with E-state index in [0.717, 1.165) is 6.42 Å². The zero-order valence-corrected chi connectivity index (χ0v) is 9.20. The van der Waals surface area contributed by atoms with Gasteiger partial charge in [0.15, 0.2) is 0 Å². The Labute approximate surface area is 84.8 Å². The third-order valence-electron chi connectivity index (χ3n) is 2.59. The van der Waals surface area contributed by atoms with E-state index in [2.05, 4.69) is 0 Å². The molecule has 0 saturated carbocycles. The lowest BCUT2D eigenvalue weighted by Gasteiger charge is -2.18. The monoisotopic (exact) mass is 195 g/mol. The molecule has 1 aliphatic heterocycles. The summed E-state index contributed by atoms with van der Waals surface area (Å²) in [5.41, 5.74) is -0.392. The van der Waals surface area contributed by atoms with Crippen LogP contribution in [0.15, 0.2) is 12.2 Å². The normalized spacial score (nSPS) is 26.1. The molecule has 0 aliphatic carbocycles. The highest BCUT2D eigenvalue weighted by molar-refractivity contribution is 6.04. The Kier molecular flexibility index (Phi) is 2.79. The average Bonchev–Trinajstić information content (AvgIpc) is 2.22. The van der Waals surface area contributed by atoms with E-state index < -0.39 is 5.41 Å². The summed E-state index contributed by atoms with van der Waals surface area (Å²) in [4.78, 5) is 24.8. The summed E-state index contributed by atoms with van der Waals surface area (Å²) in [5.74, 6) is -0.260. The molecule has 0 radical (unpaired) electrons. The van der Waals surface area contributed by atoms with Crippen molar-refractivity contribution in [1.29, 1.82) is 0 Å². The Morgan fingerprint density at radius 3 is 2.50 bits per heavy atom. The first-order chi connectivity index (χ1) is 6.40. The second-order valence-electron chi connectivity index (χ2n) is 4.45. The fourth-order valence-corrected chi connectivity index (χ4v) is 1.98. The molecule has 1 rings (SSSR count). The van der Waals surface area contributed by atoms with Gasteiger partial charge in [-0.2, -0.15) is 0 Å². The van der Waals surface area contributed by atoms with Gasteiger partial charge in [-0.1, -0.05) is 19.9 Å². The van der Waals surface area contributed by atoms with Crippen molar-refractivity contribution in [3.63, 3.8) is 0 Å². The first-order valence-electron chi connectivity index (χ1n) is 4.90. The molecule has 1 saturated heterocycles. The highest BCUT2D eigenvalue weighted by atomic mass is 16.2. The van der Waals surface area contributed by atoms with Crippen LogP contribution < -0.4 is 0 Å². The van der Waals surface area contributed by atoms with Gasteiger partial charge < -0.3 is 0 Å². The van der Waals surface area contributed by atoms with Crippen LogP contribution in [0.1, 0.15) is 34.1 Å². The third-order valence-corrected chi connectivity index (χ3v) is 2.59. The first-order valence-corrected chi connectivity index (χ1v) is 4.90. The highest BCUT2D eigenvalue weighted by Gasteiger charge is 2.45. The number of allylic oxidation sites excluding steroid dienone is 1. The maximum absolute atomic E-state index is 11.8. The van der Waals surface area contributed by atoms with Crippen molar-refractivity contribution in [1.82, 2.24) is 4.90 Å². The van der Waals surface area contributed by atoms with E-state index in [1.54, 1.807) is 13.0 Å². The van der Waals surface area contributed by atoms with Crippen molar-refractivity contribution in [2.75, 3.05) is 0 Å². The minimum absolute atomic E-state index is 0.0150. The Morgan fingerprint density at radius 2 is 2.14 bits per heavy atom. The standard InChI is InChI=1S/C11H17NO2/c1-5-6-9(13)12-8(2)7-11(3,4)10(12)14/h5-6,8H,7H2,1-4H3/t8-/m1/s1. The van der Waals surface area contributed by atoms with Gasteiger partial charge in [0.05, 0.1) is 0 Å². The van der Waals surface area contributed by atoms with Crippen LogP contribution in [0, 0.1) is 5.41 Å². The fourth-order valence-electron chi connectivity index (χ4n) is 1.98. The minimum atomic E-state index is -0.392. The molecule has 1 heterocycles. The van der Waals surface area contributed by atoms with Gasteiger partial charge in [0.25, 0.3) is 5.91 Å². The molecule has 1 atom stereocenters. The molecule has 0 aromatic heterocycles. The summed E-state index contributed by atoms with van der Waals surface area (Å²) in [6.45, 7) is 7.45. The predicted octanol–water partition coefficient (Wildman–Crippen LogP) is 1.74. The van der Waals surface area contributed by atoms with Gasteiger partial charge >= 0.3 is 0 Å². The Bertz CT molecular complexity index is 292. The molecule has 0 aromatic carbocycles. The van der Waals surface area contributed by atoms with Crippen molar-refractivity contribution >= 4 is 11.8 Å². The summed E-state index contributed by atoms with van der Waals surface area (Å²) in [5, 5.41) is 0. The quantitative estimate of drug-likeness (QED) is 0.598. The van der Waals surface area contributed by atoms with Gasteiger partial charge in [0.2, 0.25) is 5.91 Å². The van der Waals surface area contributed by atoms with Crippen LogP contribution in [0.25, 0.3) is 0 Å². The molecule has 2 amide bonds. The molecule has 3 heteroatoms. The summed E-state index contributed by atoms with van der Waals surface area (Å²) in [7, 11) is 0. The van der Waals surface area contributed by atoms with Gasteiger partial charge in [-0.15, -0.1) is 0 Å². The molecule has 14 heavy (non-hydrogen) atoms. The highest BCUT2D eigenvalue weighted by Crippen LogP contribution is 2.35. The fraction of sp³-hybridized carbons (Fsp3) is 0.636.